The van der Waals surface area contributed by atoms with Crippen molar-refractivity contribution < 1.29 is 14.3 Å². The van der Waals surface area contributed by atoms with E-state index < -0.39 is 0 Å². The van der Waals surface area contributed by atoms with E-state index in [1.807, 2.05) is 35.2 Å². The maximum atomic E-state index is 13.0. The Morgan fingerprint density at radius 1 is 1.16 bits per heavy atom. The van der Waals surface area contributed by atoms with Gasteiger partial charge in [-0.2, -0.15) is 0 Å². The van der Waals surface area contributed by atoms with Gasteiger partial charge in [0.15, 0.2) is 11.5 Å². The number of methoxy groups -OCH3 is 1. The lowest BCUT2D eigenvalue weighted by molar-refractivity contribution is 0.0984. The standard InChI is InChI=1S/C21H25NO3/c1-15(2)14-25-19-11-10-17(13-20(19)24-3)21(23)22-12-6-8-16-7-4-5-9-18(16)22/h4-5,7,9-11,13,15H,6,8,12,14H2,1-3H3. The fourth-order valence-corrected chi connectivity index (χ4v) is 3.08. The van der Waals surface area contributed by atoms with Crippen molar-refractivity contribution in [3.8, 4) is 11.5 Å². The Bertz CT molecular complexity index is 755. The molecular weight excluding hydrogens is 314 g/mol. The molecule has 0 aliphatic carbocycles. The van der Waals surface area contributed by atoms with Gasteiger partial charge in [0.25, 0.3) is 5.91 Å². The summed E-state index contributed by atoms with van der Waals surface area (Å²) in [6.45, 7) is 5.54. The van der Waals surface area contributed by atoms with Crippen LogP contribution < -0.4 is 14.4 Å². The zero-order chi connectivity index (χ0) is 17.8. The molecule has 1 aliphatic rings. The van der Waals surface area contributed by atoms with Gasteiger partial charge >= 0.3 is 0 Å². The van der Waals surface area contributed by atoms with E-state index in [0.29, 0.717) is 29.6 Å². The summed E-state index contributed by atoms with van der Waals surface area (Å²) in [4.78, 5) is 14.9. The largest absolute Gasteiger partial charge is 0.493 e. The monoisotopic (exact) mass is 339 g/mol. The molecule has 0 bridgehead atoms. The minimum atomic E-state index is 0.000796. The van der Waals surface area contributed by atoms with Gasteiger partial charge in [-0.25, -0.2) is 0 Å². The quantitative estimate of drug-likeness (QED) is 0.814. The zero-order valence-corrected chi connectivity index (χ0v) is 15.1. The first-order valence-electron chi connectivity index (χ1n) is 8.80. The molecule has 4 heteroatoms. The van der Waals surface area contributed by atoms with Crippen LogP contribution in [0.3, 0.4) is 0 Å². The predicted molar refractivity (Wildman–Crippen MR) is 99.8 cm³/mol. The number of fused-ring (bicyclic) bond motifs is 1. The molecule has 4 nitrogen and oxygen atoms in total. The van der Waals surface area contributed by atoms with E-state index in [-0.39, 0.29) is 5.91 Å². The van der Waals surface area contributed by atoms with Crippen LogP contribution in [0, 0.1) is 5.92 Å². The van der Waals surface area contributed by atoms with Crippen LogP contribution in [-0.4, -0.2) is 26.2 Å². The van der Waals surface area contributed by atoms with Crippen molar-refractivity contribution in [2.24, 2.45) is 5.92 Å². The number of rotatable bonds is 5. The van der Waals surface area contributed by atoms with Gasteiger partial charge in [-0.3, -0.25) is 4.79 Å². The van der Waals surface area contributed by atoms with Crippen LogP contribution in [0.15, 0.2) is 42.5 Å². The van der Waals surface area contributed by atoms with Crippen LogP contribution in [0.5, 0.6) is 11.5 Å². The number of ether oxygens (including phenoxy) is 2. The molecule has 0 saturated heterocycles. The first-order valence-corrected chi connectivity index (χ1v) is 8.80. The normalized spacial score (nSPS) is 13.5. The second-order valence-electron chi connectivity index (χ2n) is 6.76. The highest BCUT2D eigenvalue weighted by molar-refractivity contribution is 6.07. The van der Waals surface area contributed by atoms with E-state index in [0.717, 1.165) is 25.1 Å². The Hall–Kier alpha value is -2.49. The number of benzene rings is 2. The van der Waals surface area contributed by atoms with Gasteiger partial charge in [-0.05, 0) is 48.6 Å². The van der Waals surface area contributed by atoms with Gasteiger partial charge in [0, 0.05) is 17.8 Å². The number of carbonyl (C=O) groups excluding carboxylic acids is 1. The number of nitrogens with zero attached hydrogens (tertiary/aromatic N) is 1. The van der Waals surface area contributed by atoms with Gasteiger partial charge in [0.1, 0.15) is 0 Å². The topological polar surface area (TPSA) is 38.8 Å². The highest BCUT2D eigenvalue weighted by Gasteiger charge is 2.24. The molecule has 0 N–H and O–H groups in total. The average molecular weight is 339 g/mol. The lowest BCUT2D eigenvalue weighted by Crippen LogP contribution is -2.35. The van der Waals surface area contributed by atoms with E-state index in [9.17, 15) is 4.79 Å². The maximum absolute atomic E-state index is 13.0. The molecule has 0 atom stereocenters. The van der Waals surface area contributed by atoms with Crippen molar-refractivity contribution >= 4 is 11.6 Å². The van der Waals surface area contributed by atoms with Crippen LogP contribution in [0.25, 0.3) is 0 Å². The van der Waals surface area contributed by atoms with E-state index in [1.165, 1.54) is 5.56 Å². The Labute approximate surface area is 149 Å². The lowest BCUT2D eigenvalue weighted by Gasteiger charge is -2.29. The summed E-state index contributed by atoms with van der Waals surface area (Å²) in [5, 5.41) is 0. The smallest absolute Gasteiger partial charge is 0.258 e. The fraction of sp³-hybridized carbons (Fsp3) is 0.381. The highest BCUT2D eigenvalue weighted by atomic mass is 16.5. The molecular formula is C21H25NO3. The molecule has 2 aromatic rings. The molecule has 1 heterocycles. The van der Waals surface area contributed by atoms with Crippen molar-refractivity contribution in [1.29, 1.82) is 0 Å². The van der Waals surface area contributed by atoms with Crippen molar-refractivity contribution in [2.45, 2.75) is 26.7 Å². The SMILES string of the molecule is COc1cc(C(=O)N2CCCc3ccccc32)ccc1OCC(C)C. The zero-order valence-electron chi connectivity index (χ0n) is 15.1. The van der Waals surface area contributed by atoms with Crippen molar-refractivity contribution in [3.63, 3.8) is 0 Å². The van der Waals surface area contributed by atoms with Crippen LogP contribution in [0.1, 0.15) is 36.2 Å². The lowest BCUT2D eigenvalue weighted by atomic mass is 10.0. The number of anilines is 1. The van der Waals surface area contributed by atoms with E-state index in [1.54, 1.807) is 13.2 Å². The summed E-state index contributed by atoms with van der Waals surface area (Å²) in [6, 6.07) is 13.5. The summed E-state index contributed by atoms with van der Waals surface area (Å²) < 4.78 is 11.2. The number of carbonyl (C=O) groups is 1. The summed E-state index contributed by atoms with van der Waals surface area (Å²) in [7, 11) is 1.60. The molecule has 2 aromatic carbocycles. The van der Waals surface area contributed by atoms with E-state index in [2.05, 4.69) is 19.9 Å². The van der Waals surface area contributed by atoms with E-state index >= 15 is 0 Å². The minimum Gasteiger partial charge on any atom is -0.493 e. The Kier molecular flexibility index (Phi) is 5.27. The Balaban J connectivity index is 1.86. The molecule has 132 valence electrons. The molecule has 0 unspecified atom stereocenters. The van der Waals surface area contributed by atoms with Gasteiger partial charge in [-0.15, -0.1) is 0 Å². The van der Waals surface area contributed by atoms with Crippen LogP contribution in [0.4, 0.5) is 5.69 Å². The molecule has 3 rings (SSSR count). The minimum absolute atomic E-state index is 0.000796. The number of para-hydroxylation sites is 1. The Morgan fingerprint density at radius 2 is 1.96 bits per heavy atom. The first kappa shape index (κ1) is 17.3. The van der Waals surface area contributed by atoms with Crippen molar-refractivity contribution in [2.75, 3.05) is 25.2 Å². The molecule has 0 spiro atoms. The molecule has 1 aliphatic heterocycles. The maximum Gasteiger partial charge on any atom is 0.258 e. The van der Waals surface area contributed by atoms with Crippen molar-refractivity contribution in [3.05, 3.63) is 53.6 Å². The average Bonchev–Trinajstić information content (AvgIpc) is 2.65. The van der Waals surface area contributed by atoms with Gasteiger partial charge < -0.3 is 14.4 Å². The molecule has 0 aromatic heterocycles. The van der Waals surface area contributed by atoms with Crippen LogP contribution >= 0.6 is 0 Å². The van der Waals surface area contributed by atoms with E-state index in [4.69, 9.17) is 9.47 Å². The molecule has 25 heavy (non-hydrogen) atoms. The highest BCUT2D eigenvalue weighted by Crippen LogP contribution is 2.32. The summed E-state index contributed by atoms with van der Waals surface area (Å²) >= 11 is 0. The predicted octanol–water partition coefficient (Wildman–Crippen LogP) is 4.32. The third-order valence-corrected chi connectivity index (χ3v) is 4.34. The second kappa shape index (κ2) is 7.60. The van der Waals surface area contributed by atoms with Gasteiger partial charge in [-0.1, -0.05) is 32.0 Å². The first-order chi connectivity index (χ1) is 12.1. The molecule has 0 fully saturated rings. The number of amides is 1. The molecule has 0 radical (unpaired) electrons. The summed E-state index contributed by atoms with van der Waals surface area (Å²) in [6.07, 6.45) is 2.00. The summed E-state index contributed by atoms with van der Waals surface area (Å²) in [5.74, 6) is 1.69. The summed E-state index contributed by atoms with van der Waals surface area (Å²) in [5.41, 5.74) is 2.86. The number of aryl methyl sites for hydroxylation is 1. The van der Waals surface area contributed by atoms with Gasteiger partial charge in [0.2, 0.25) is 0 Å². The van der Waals surface area contributed by atoms with Crippen LogP contribution in [0.2, 0.25) is 0 Å². The number of hydrogen-bond donors (Lipinski definition) is 0. The second-order valence-corrected chi connectivity index (χ2v) is 6.76. The third kappa shape index (κ3) is 3.78. The van der Waals surface area contributed by atoms with Crippen molar-refractivity contribution in [1.82, 2.24) is 0 Å². The van der Waals surface area contributed by atoms with Crippen LogP contribution in [-0.2, 0) is 6.42 Å². The number of hydrogen-bond acceptors (Lipinski definition) is 3. The Morgan fingerprint density at radius 3 is 2.72 bits per heavy atom. The fourth-order valence-electron chi connectivity index (χ4n) is 3.08. The third-order valence-electron chi connectivity index (χ3n) is 4.34. The molecule has 1 amide bonds. The van der Waals surface area contributed by atoms with Gasteiger partial charge in [0.05, 0.1) is 13.7 Å². The molecule has 0 saturated carbocycles.